The van der Waals surface area contributed by atoms with Crippen molar-refractivity contribution in [2.24, 2.45) is 0 Å². The average Bonchev–Trinajstić information content (AvgIpc) is 3.31. The summed E-state index contributed by atoms with van der Waals surface area (Å²) in [7, 11) is 0. The average molecular weight is 568 g/mol. The fraction of sp³-hybridized carbons (Fsp3) is 0.163. The number of nitrogens with zero attached hydrogens (tertiary/aromatic N) is 1. The normalized spacial score (nSPS) is 14.4. The minimum Gasteiger partial charge on any atom is -0.310 e. The molecular formula is C43H37N. The molecule has 214 valence electrons. The predicted molar refractivity (Wildman–Crippen MR) is 186 cm³/mol. The molecule has 6 aromatic carbocycles. The summed E-state index contributed by atoms with van der Waals surface area (Å²) >= 11 is 0. The number of fused-ring (bicyclic) bond motifs is 4. The van der Waals surface area contributed by atoms with Crippen LogP contribution in [0.1, 0.15) is 48.9 Å². The van der Waals surface area contributed by atoms with Gasteiger partial charge in [-0.2, -0.15) is 0 Å². The Labute approximate surface area is 261 Å². The summed E-state index contributed by atoms with van der Waals surface area (Å²) in [6, 6.07) is 51.6. The summed E-state index contributed by atoms with van der Waals surface area (Å²) in [6.45, 7) is 4.76. The third kappa shape index (κ3) is 4.38. The Balaban J connectivity index is 1.40. The van der Waals surface area contributed by atoms with E-state index in [1.165, 1.54) is 86.3 Å². The van der Waals surface area contributed by atoms with Crippen molar-refractivity contribution in [3.05, 3.63) is 162 Å². The molecular weight excluding hydrogens is 530 g/mol. The predicted octanol–water partition coefficient (Wildman–Crippen LogP) is 11.7. The van der Waals surface area contributed by atoms with Gasteiger partial charge in [0.05, 0.1) is 5.69 Å². The van der Waals surface area contributed by atoms with Crippen LogP contribution in [0.3, 0.4) is 0 Å². The quantitative estimate of drug-likeness (QED) is 0.200. The van der Waals surface area contributed by atoms with E-state index in [1.54, 1.807) is 0 Å². The number of benzene rings is 6. The molecule has 2 aliphatic rings. The maximum absolute atomic E-state index is 2.51. The van der Waals surface area contributed by atoms with Crippen molar-refractivity contribution in [1.82, 2.24) is 0 Å². The zero-order valence-electron chi connectivity index (χ0n) is 25.6. The minimum atomic E-state index is -0.0884. The fourth-order valence-corrected chi connectivity index (χ4v) is 7.61. The minimum absolute atomic E-state index is 0.0884. The third-order valence-corrected chi connectivity index (χ3v) is 9.87. The van der Waals surface area contributed by atoms with Gasteiger partial charge in [0.1, 0.15) is 0 Å². The Morgan fingerprint density at radius 3 is 1.91 bits per heavy atom. The summed E-state index contributed by atoms with van der Waals surface area (Å²) in [6.07, 6.45) is 4.84. The van der Waals surface area contributed by atoms with Gasteiger partial charge in [-0.15, -0.1) is 0 Å². The summed E-state index contributed by atoms with van der Waals surface area (Å²) in [5, 5.41) is 0. The number of rotatable bonds is 5. The highest BCUT2D eigenvalue weighted by Crippen LogP contribution is 2.54. The zero-order chi connectivity index (χ0) is 29.7. The molecule has 0 unspecified atom stereocenters. The van der Waals surface area contributed by atoms with Crippen LogP contribution in [0.25, 0.3) is 33.4 Å². The van der Waals surface area contributed by atoms with E-state index < -0.39 is 0 Å². The maximum Gasteiger partial charge on any atom is 0.0543 e. The molecule has 6 aromatic rings. The molecule has 8 rings (SSSR count). The summed E-state index contributed by atoms with van der Waals surface area (Å²) in [4.78, 5) is 2.48. The standard InChI is InChI=1S/C43H37N/c1-43(2)40-23-12-11-21-37(40)38-28-39(36-22-13-17-32-16-9-10-20-35(32)36)42(29-41(38)43)44(33-18-7-4-8-19-33)34-26-24-31(25-27-34)30-14-5-3-6-15-30/h3-8,11-15,17-19,21-29H,9-10,16,20H2,1-2H3. The van der Waals surface area contributed by atoms with Crippen LogP contribution >= 0.6 is 0 Å². The van der Waals surface area contributed by atoms with Gasteiger partial charge in [0.15, 0.2) is 0 Å². The van der Waals surface area contributed by atoms with E-state index >= 15 is 0 Å². The van der Waals surface area contributed by atoms with Crippen LogP contribution in [0.4, 0.5) is 17.1 Å². The van der Waals surface area contributed by atoms with Gasteiger partial charge in [0.25, 0.3) is 0 Å². The van der Waals surface area contributed by atoms with E-state index in [0.29, 0.717) is 0 Å². The highest BCUT2D eigenvalue weighted by Gasteiger charge is 2.37. The first-order valence-corrected chi connectivity index (χ1v) is 16.0. The molecule has 0 amide bonds. The molecule has 1 nitrogen and oxygen atoms in total. The van der Waals surface area contributed by atoms with Gasteiger partial charge in [-0.3, -0.25) is 0 Å². The van der Waals surface area contributed by atoms with Crippen molar-refractivity contribution in [3.8, 4) is 33.4 Å². The van der Waals surface area contributed by atoms with Crippen LogP contribution in [-0.4, -0.2) is 0 Å². The van der Waals surface area contributed by atoms with E-state index in [-0.39, 0.29) is 5.41 Å². The van der Waals surface area contributed by atoms with Gasteiger partial charge in [-0.05, 0) is 112 Å². The number of hydrogen-bond acceptors (Lipinski definition) is 1. The largest absolute Gasteiger partial charge is 0.310 e. The highest BCUT2D eigenvalue weighted by molar-refractivity contribution is 5.95. The molecule has 0 N–H and O–H groups in total. The van der Waals surface area contributed by atoms with E-state index in [9.17, 15) is 0 Å². The zero-order valence-corrected chi connectivity index (χ0v) is 25.6. The molecule has 0 saturated carbocycles. The molecule has 1 heteroatoms. The lowest BCUT2D eigenvalue weighted by atomic mass is 9.80. The lowest BCUT2D eigenvalue weighted by molar-refractivity contribution is 0.660. The lowest BCUT2D eigenvalue weighted by Crippen LogP contribution is -2.17. The molecule has 0 radical (unpaired) electrons. The van der Waals surface area contributed by atoms with Crippen LogP contribution in [-0.2, 0) is 18.3 Å². The van der Waals surface area contributed by atoms with Crippen LogP contribution in [0.2, 0.25) is 0 Å². The lowest BCUT2D eigenvalue weighted by Gasteiger charge is -2.31. The Kier molecular flexibility index (Phi) is 6.49. The Bertz CT molecular complexity index is 1970. The summed E-state index contributed by atoms with van der Waals surface area (Å²) in [5.74, 6) is 0. The molecule has 0 aliphatic heterocycles. The Morgan fingerprint density at radius 1 is 0.477 bits per heavy atom. The monoisotopic (exact) mass is 567 g/mol. The van der Waals surface area contributed by atoms with E-state index in [4.69, 9.17) is 0 Å². The van der Waals surface area contributed by atoms with Gasteiger partial charge in [0.2, 0.25) is 0 Å². The highest BCUT2D eigenvalue weighted by atomic mass is 15.1. The third-order valence-electron chi connectivity index (χ3n) is 9.87. The molecule has 0 fully saturated rings. The van der Waals surface area contributed by atoms with Crippen molar-refractivity contribution < 1.29 is 0 Å². The van der Waals surface area contributed by atoms with Gasteiger partial charge in [-0.1, -0.05) is 117 Å². The molecule has 0 heterocycles. The number of anilines is 3. The first-order chi connectivity index (χ1) is 21.6. The number of aryl methyl sites for hydroxylation is 1. The van der Waals surface area contributed by atoms with Crippen LogP contribution < -0.4 is 4.90 Å². The van der Waals surface area contributed by atoms with E-state index in [0.717, 1.165) is 12.1 Å². The van der Waals surface area contributed by atoms with Crippen LogP contribution in [0.15, 0.2) is 140 Å². The molecule has 0 saturated heterocycles. The first-order valence-electron chi connectivity index (χ1n) is 16.0. The number of para-hydroxylation sites is 1. The van der Waals surface area contributed by atoms with Gasteiger partial charge in [0, 0.05) is 22.4 Å². The number of hydrogen-bond donors (Lipinski definition) is 0. The van der Waals surface area contributed by atoms with Crippen LogP contribution in [0, 0.1) is 0 Å². The van der Waals surface area contributed by atoms with Gasteiger partial charge in [-0.25, -0.2) is 0 Å². The van der Waals surface area contributed by atoms with Crippen molar-refractivity contribution >= 4 is 17.1 Å². The second kappa shape index (κ2) is 10.7. The molecule has 44 heavy (non-hydrogen) atoms. The molecule has 2 aliphatic carbocycles. The topological polar surface area (TPSA) is 3.24 Å². The van der Waals surface area contributed by atoms with Gasteiger partial charge < -0.3 is 4.90 Å². The summed E-state index contributed by atoms with van der Waals surface area (Å²) in [5.41, 5.74) is 17.2. The van der Waals surface area contributed by atoms with Crippen molar-refractivity contribution in [2.75, 3.05) is 4.90 Å². The van der Waals surface area contributed by atoms with Crippen LogP contribution in [0.5, 0.6) is 0 Å². The Morgan fingerprint density at radius 2 is 1.11 bits per heavy atom. The second-order valence-corrected chi connectivity index (χ2v) is 12.8. The maximum atomic E-state index is 2.51. The SMILES string of the molecule is CC1(C)c2ccccc2-c2cc(-c3cccc4c3CCCC4)c(N(c3ccccc3)c3ccc(-c4ccccc4)cc3)cc21. The van der Waals surface area contributed by atoms with E-state index in [1.807, 2.05) is 0 Å². The fourth-order valence-electron chi connectivity index (χ4n) is 7.61. The second-order valence-electron chi connectivity index (χ2n) is 12.8. The van der Waals surface area contributed by atoms with Crippen molar-refractivity contribution in [3.63, 3.8) is 0 Å². The molecule has 0 bridgehead atoms. The smallest absolute Gasteiger partial charge is 0.0543 e. The summed E-state index contributed by atoms with van der Waals surface area (Å²) < 4.78 is 0. The van der Waals surface area contributed by atoms with Gasteiger partial charge >= 0.3 is 0 Å². The van der Waals surface area contributed by atoms with E-state index in [2.05, 4.69) is 158 Å². The Hall–Kier alpha value is -4.88. The first kappa shape index (κ1) is 26.7. The van der Waals surface area contributed by atoms with Crippen molar-refractivity contribution in [2.45, 2.75) is 44.9 Å². The molecule has 0 atom stereocenters. The molecule has 0 spiro atoms. The van der Waals surface area contributed by atoms with Crippen molar-refractivity contribution in [1.29, 1.82) is 0 Å². The molecule has 0 aromatic heterocycles.